The van der Waals surface area contributed by atoms with Gasteiger partial charge in [-0.3, -0.25) is 4.79 Å². The maximum Gasteiger partial charge on any atom is 0.251 e. The van der Waals surface area contributed by atoms with Crippen molar-refractivity contribution in [3.8, 4) is 0 Å². The highest BCUT2D eigenvalue weighted by Gasteiger charge is 2.34. The van der Waals surface area contributed by atoms with Gasteiger partial charge in [0.2, 0.25) is 0 Å². The van der Waals surface area contributed by atoms with E-state index < -0.39 is 0 Å². The molecule has 1 N–H and O–H groups in total. The molecule has 1 saturated heterocycles. The number of likely N-dealkylation sites (tertiary alicyclic amines) is 1. The van der Waals surface area contributed by atoms with Crippen LogP contribution in [0.3, 0.4) is 0 Å². The van der Waals surface area contributed by atoms with Gasteiger partial charge in [0, 0.05) is 24.7 Å². The number of carbonyl (C=O) groups is 1. The van der Waals surface area contributed by atoms with Crippen LogP contribution < -0.4 is 5.32 Å². The lowest BCUT2D eigenvalue weighted by molar-refractivity contribution is 0.0947. The van der Waals surface area contributed by atoms with Crippen LogP contribution >= 0.6 is 23.2 Å². The molecule has 1 aromatic rings. The van der Waals surface area contributed by atoms with Gasteiger partial charge in [-0.15, -0.1) is 0 Å². The summed E-state index contributed by atoms with van der Waals surface area (Å²) in [5.41, 5.74) is 0.566. The van der Waals surface area contributed by atoms with Crippen molar-refractivity contribution in [2.45, 2.75) is 25.3 Å². The van der Waals surface area contributed by atoms with Crippen molar-refractivity contribution in [1.29, 1.82) is 0 Å². The summed E-state index contributed by atoms with van der Waals surface area (Å²) in [6.45, 7) is 3.03. The van der Waals surface area contributed by atoms with Crippen molar-refractivity contribution in [3.05, 3.63) is 33.8 Å². The van der Waals surface area contributed by atoms with Gasteiger partial charge in [-0.2, -0.15) is 0 Å². The predicted octanol–water partition coefficient (Wildman–Crippen LogP) is 3.21. The molecule has 0 radical (unpaired) electrons. The normalized spacial score (nSPS) is 23.0. The first-order chi connectivity index (χ1) is 9.63. The number of amides is 1. The van der Waals surface area contributed by atoms with Crippen molar-refractivity contribution in [2.24, 2.45) is 5.92 Å². The molecule has 1 unspecified atom stereocenters. The van der Waals surface area contributed by atoms with Crippen LogP contribution in [-0.2, 0) is 0 Å². The monoisotopic (exact) mass is 312 g/mol. The van der Waals surface area contributed by atoms with Gasteiger partial charge in [-0.25, -0.2) is 0 Å². The fourth-order valence-corrected chi connectivity index (χ4v) is 3.08. The largest absolute Gasteiger partial charge is 0.352 e. The van der Waals surface area contributed by atoms with Crippen molar-refractivity contribution in [2.75, 3.05) is 19.6 Å². The van der Waals surface area contributed by atoms with Crippen LogP contribution in [0.1, 0.15) is 29.6 Å². The van der Waals surface area contributed by atoms with E-state index in [2.05, 4.69) is 10.2 Å². The standard InChI is InChI=1S/C15H18Cl2N2O/c16-13-4-1-11(7-14(13)17)15(20)18-8-10-5-6-19(9-10)12-2-3-12/h1,4,7,10,12H,2-3,5-6,8-9H2,(H,18,20). The van der Waals surface area contributed by atoms with Gasteiger partial charge in [0.05, 0.1) is 10.0 Å². The zero-order valence-electron chi connectivity index (χ0n) is 11.2. The summed E-state index contributed by atoms with van der Waals surface area (Å²) in [6, 6.07) is 5.80. The average Bonchev–Trinajstić information content (AvgIpc) is 3.18. The summed E-state index contributed by atoms with van der Waals surface area (Å²) in [6.07, 6.45) is 3.88. The zero-order valence-corrected chi connectivity index (χ0v) is 12.8. The summed E-state index contributed by atoms with van der Waals surface area (Å²) in [7, 11) is 0. The van der Waals surface area contributed by atoms with E-state index in [4.69, 9.17) is 23.2 Å². The summed E-state index contributed by atoms with van der Waals surface area (Å²) >= 11 is 11.8. The highest BCUT2D eigenvalue weighted by molar-refractivity contribution is 6.42. The van der Waals surface area contributed by atoms with E-state index in [-0.39, 0.29) is 5.91 Å². The van der Waals surface area contributed by atoms with Crippen LogP contribution in [0.4, 0.5) is 0 Å². The number of hydrogen-bond donors (Lipinski definition) is 1. The molecular weight excluding hydrogens is 295 g/mol. The lowest BCUT2D eigenvalue weighted by atomic mass is 10.1. The molecule has 20 heavy (non-hydrogen) atoms. The Hall–Kier alpha value is -0.770. The first-order valence-electron chi connectivity index (χ1n) is 7.11. The van der Waals surface area contributed by atoms with Crippen molar-refractivity contribution < 1.29 is 4.79 Å². The van der Waals surface area contributed by atoms with E-state index in [9.17, 15) is 4.79 Å². The molecule has 1 amide bonds. The van der Waals surface area contributed by atoms with Crippen LogP contribution in [0.5, 0.6) is 0 Å². The molecular formula is C15H18Cl2N2O. The minimum absolute atomic E-state index is 0.0755. The lowest BCUT2D eigenvalue weighted by Crippen LogP contribution is -2.31. The van der Waals surface area contributed by atoms with Crippen molar-refractivity contribution in [3.63, 3.8) is 0 Å². The molecule has 1 aromatic carbocycles. The molecule has 0 aromatic heterocycles. The Labute approximate surface area is 129 Å². The molecule has 108 valence electrons. The van der Waals surface area contributed by atoms with E-state index in [1.165, 1.54) is 25.8 Å². The molecule has 3 nitrogen and oxygen atoms in total. The Bertz CT molecular complexity index is 517. The number of nitrogens with one attached hydrogen (secondary N) is 1. The van der Waals surface area contributed by atoms with E-state index in [0.717, 1.165) is 19.1 Å². The maximum absolute atomic E-state index is 12.1. The van der Waals surface area contributed by atoms with Gasteiger partial charge >= 0.3 is 0 Å². The van der Waals surface area contributed by atoms with Gasteiger partial charge in [-0.05, 0) is 49.9 Å². The first kappa shape index (κ1) is 14.2. The molecule has 1 heterocycles. The maximum atomic E-state index is 12.1. The smallest absolute Gasteiger partial charge is 0.251 e. The lowest BCUT2D eigenvalue weighted by Gasteiger charge is -2.15. The summed E-state index contributed by atoms with van der Waals surface area (Å²) in [4.78, 5) is 14.6. The highest BCUT2D eigenvalue weighted by Crippen LogP contribution is 2.31. The predicted molar refractivity (Wildman–Crippen MR) is 81.5 cm³/mol. The van der Waals surface area contributed by atoms with Crippen LogP contribution in [0.2, 0.25) is 10.0 Å². The molecule has 0 spiro atoms. The summed E-state index contributed by atoms with van der Waals surface area (Å²) in [5, 5.41) is 3.89. The fraction of sp³-hybridized carbons (Fsp3) is 0.533. The van der Waals surface area contributed by atoms with Crippen LogP contribution in [0.15, 0.2) is 18.2 Å². The third-order valence-electron chi connectivity index (χ3n) is 4.11. The molecule has 1 aliphatic carbocycles. The van der Waals surface area contributed by atoms with E-state index >= 15 is 0 Å². The van der Waals surface area contributed by atoms with Crippen LogP contribution in [-0.4, -0.2) is 36.5 Å². The van der Waals surface area contributed by atoms with Crippen LogP contribution in [0.25, 0.3) is 0 Å². The van der Waals surface area contributed by atoms with E-state index in [1.54, 1.807) is 18.2 Å². The van der Waals surface area contributed by atoms with Crippen LogP contribution in [0, 0.1) is 5.92 Å². The molecule has 3 rings (SSSR count). The quantitative estimate of drug-likeness (QED) is 0.926. The zero-order chi connectivity index (χ0) is 14.1. The third kappa shape index (κ3) is 3.27. The SMILES string of the molecule is O=C(NCC1CCN(C2CC2)C1)c1ccc(Cl)c(Cl)c1. The molecule has 2 aliphatic rings. The Morgan fingerprint density at radius 3 is 2.75 bits per heavy atom. The summed E-state index contributed by atoms with van der Waals surface area (Å²) in [5.74, 6) is 0.496. The minimum Gasteiger partial charge on any atom is -0.352 e. The number of carbonyl (C=O) groups excluding carboxylic acids is 1. The van der Waals surface area contributed by atoms with E-state index in [1.807, 2.05) is 0 Å². The number of rotatable bonds is 4. The topological polar surface area (TPSA) is 32.3 Å². The number of halogens is 2. The molecule has 1 saturated carbocycles. The molecule has 1 atom stereocenters. The van der Waals surface area contributed by atoms with Crippen molar-refractivity contribution >= 4 is 29.1 Å². The Morgan fingerprint density at radius 1 is 1.25 bits per heavy atom. The van der Waals surface area contributed by atoms with Gasteiger partial charge in [0.25, 0.3) is 5.91 Å². The van der Waals surface area contributed by atoms with E-state index in [0.29, 0.717) is 21.5 Å². The minimum atomic E-state index is -0.0755. The second-order valence-corrected chi connectivity index (χ2v) is 6.53. The highest BCUT2D eigenvalue weighted by atomic mass is 35.5. The number of hydrogen-bond acceptors (Lipinski definition) is 2. The van der Waals surface area contributed by atoms with Gasteiger partial charge in [0.15, 0.2) is 0 Å². The number of benzene rings is 1. The second kappa shape index (κ2) is 5.92. The molecule has 5 heteroatoms. The molecule has 1 aliphatic heterocycles. The van der Waals surface area contributed by atoms with Crippen molar-refractivity contribution in [1.82, 2.24) is 10.2 Å². The Kier molecular flexibility index (Phi) is 4.20. The summed E-state index contributed by atoms with van der Waals surface area (Å²) < 4.78 is 0. The third-order valence-corrected chi connectivity index (χ3v) is 4.85. The van der Waals surface area contributed by atoms with Gasteiger partial charge in [-0.1, -0.05) is 23.2 Å². The molecule has 0 bridgehead atoms. The first-order valence-corrected chi connectivity index (χ1v) is 7.86. The fourth-order valence-electron chi connectivity index (χ4n) is 2.78. The average molecular weight is 313 g/mol. The second-order valence-electron chi connectivity index (χ2n) is 5.72. The van der Waals surface area contributed by atoms with Gasteiger partial charge < -0.3 is 10.2 Å². The Balaban J connectivity index is 1.50. The van der Waals surface area contributed by atoms with Gasteiger partial charge in [0.1, 0.15) is 0 Å². The molecule has 2 fully saturated rings. The Morgan fingerprint density at radius 2 is 2.05 bits per heavy atom. The number of nitrogens with zero attached hydrogens (tertiary/aromatic N) is 1.